The van der Waals surface area contributed by atoms with E-state index in [1.54, 1.807) is 0 Å². The largest absolute Gasteiger partial charge is 0.480 e. The number of rotatable bonds is 6. The molecule has 110 valence electrons. The number of amides is 1. The van der Waals surface area contributed by atoms with Gasteiger partial charge in [-0.15, -0.1) is 0 Å². The number of aliphatic carboxylic acids is 1. The summed E-state index contributed by atoms with van der Waals surface area (Å²) in [7, 11) is -3.93. The molecule has 1 amide bonds. The summed E-state index contributed by atoms with van der Waals surface area (Å²) in [5.74, 6) is -2.73. The van der Waals surface area contributed by atoms with Gasteiger partial charge in [-0.2, -0.15) is 0 Å². The van der Waals surface area contributed by atoms with E-state index in [1.807, 2.05) is 0 Å². The molecule has 1 atom stereocenters. The van der Waals surface area contributed by atoms with Gasteiger partial charge in [0, 0.05) is 6.04 Å². The van der Waals surface area contributed by atoms with Crippen LogP contribution in [0, 0.1) is 0 Å². The Morgan fingerprint density at radius 1 is 1.26 bits per heavy atom. The van der Waals surface area contributed by atoms with Crippen molar-refractivity contribution in [3.63, 3.8) is 0 Å². The van der Waals surface area contributed by atoms with Crippen molar-refractivity contribution >= 4 is 21.7 Å². The summed E-state index contributed by atoms with van der Waals surface area (Å²) in [6.07, 6.45) is 4.90. The Hall–Kier alpha value is -1.11. The first-order chi connectivity index (χ1) is 8.86. The maximum Gasteiger partial charge on any atom is 0.321 e. The van der Waals surface area contributed by atoms with E-state index >= 15 is 0 Å². The van der Waals surface area contributed by atoms with Gasteiger partial charge in [0.2, 0.25) is 5.91 Å². The van der Waals surface area contributed by atoms with Crippen molar-refractivity contribution in [3.05, 3.63) is 0 Å². The fourth-order valence-electron chi connectivity index (χ4n) is 2.38. The highest BCUT2D eigenvalue weighted by molar-refractivity contribution is 7.93. The summed E-state index contributed by atoms with van der Waals surface area (Å²) in [4.78, 5) is 22.5. The summed E-state index contributed by atoms with van der Waals surface area (Å²) < 4.78 is 23.6. The maximum atomic E-state index is 11.8. The lowest BCUT2D eigenvalue weighted by Gasteiger charge is -2.23. The first kappa shape index (κ1) is 15.9. The number of sulfone groups is 1. The number of carboxylic acids is 1. The highest BCUT2D eigenvalue weighted by atomic mass is 32.2. The minimum absolute atomic E-state index is 0.0290. The molecule has 1 unspecified atom stereocenters. The Bertz CT molecular complexity index is 425. The van der Waals surface area contributed by atoms with Crippen molar-refractivity contribution < 1.29 is 23.1 Å². The van der Waals surface area contributed by atoms with E-state index < -0.39 is 32.7 Å². The lowest BCUT2D eigenvalue weighted by Crippen LogP contribution is -2.42. The van der Waals surface area contributed by atoms with Crippen LogP contribution in [0.25, 0.3) is 0 Å². The minimum atomic E-state index is -3.93. The van der Waals surface area contributed by atoms with Gasteiger partial charge >= 0.3 is 5.97 Å². The Labute approximate surface area is 113 Å². The Morgan fingerprint density at radius 2 is 1.84 bits per heavy atom. The second-order valence-electron chi connectivity index (χ2n) is 4.94. The lowest BCUT2D eigenvalue weighted by atomic mass is 9.95. The van der Waals surface area contributed by atoms with Crippen LogP contribution in [0.3, 0.4) is 0 Å². The topological polar surface area (TPSA) is 101 Å². The molecule has 7 heteroatoms. The van der Waals surface area contributed by atoms with Crippen molar-refractivity contribution in [1.82, 2.24) is 5.32 Å². The third-order valence-corrected chi connectivity index (χ3v) is 5.45. The van der Waals surface area contributed by atoms with E-state index in [0.717, 1.165) is 32.1 Å². The van der Waals surface area contributed by atoms with Gasteiger partial charge in [0.05, 0.1) is 0 Å². The van der Waals surface area contributed by atoms with Crippen LogP contribution >= 0.6 is 0 Å². The molecular formula is C12H21NO5S. The molecule has 0 aliphatic heterocycles. The van der Waals surface area contributed by atoms with Gasteiger partial charge in [-0.25, -0.2) is 8.42 Å². The summed E-state index contributed by atoms with van der Waals surface area (Å²) in [5, 5.41) is 10.0. The third kappa shape index (κ3) is 4.81. The van der Waals surface area contributed by atoms with Gasteiger partial charge in [-0.3, -0.25) is 9.59 Å². The quantitative estimate of drug-likeness (QED) is 0.750. The van der Waals surface area contributed by atoms with Crippen molar-refractivity contribution in [2.75, 3.05) is 5.75 Å². The first-order valence-electron chi connectivity index (χ1n) is 6.60. The predicted molar refractivity (Wildman–Crippen MR) is 70.5 cm³/mol. The molecule has 6 nitrogen and oxygen atoms in total. The highest BCUT2D eigenvalue weighted by Crippen LogP contribution is 2.17. The van der Waals surface area contributed by atoms with Crippen LogP contribution in [0.4, 0.5) is 0 Å². The molecule has 0 aromatic heterocycles. The van der Waals surface area contributed by atoms with Gasteiger partial charge in [-0.05, 0) is 19.3 Å². The molecule has 0 radical (unpaired) electrons. The van der Waals surface area contributed by atoms with Crippen molar-refractivity contribution in [3.8, 4) is 0 Å². The van der Waals surface area contributed by atoms with Gasteiger partial charge in [0.1, 0.15) is 5.75 Å². The van der Waals surface area contributed by atoms with E-state index in [9.17, 15) is 18.0 Å². The van der Waals surface area contributed by atoms with Crippen LogP contribution in [-0.2, 0) is 19.4 Å². The zero-order valence-corrected chi connectivity index (χ0v) is 11.9. The number of carboxylic acid groups (broad SMARTS) is 1. The molecule has 1 saturated carbocycles. The standard InChI is InChI=1S/C12H21NO5S/c1-2-10(12(15)16)19(17,18)8-11(14)13-9-6-4-3-5-7-9/h9-10H,2-8H2,1H3,(H,13,14)(H,15,16). The van der Waals surface area contributed by atoms with Crippen molar-refractivity contribution in [2.24, 2.45) is 0 Å². The van der Waals surface area contributed by atoms with Gasteiger partial charge in [0.15, 0.2) is 15.1 Å². The number of carbonyl (C=O) groups is 2. The number of hydrogen-bond donors (Lipinski definition) is 2. The second kappa shape index (κ2) is 6.88. The van der Waals surface area contributed by atoms with Gasteiger partial charge in [-0.1, -0.05) is 26.2 Å². The monoisotopic (exact) mass is 291 g/mol. The molecule has 1 aliphatic rings. The molecule has 0 saturated heterocycles. The van der Waals surface area contributed by atoms with Gasteiger partial charge < -0.3 is 10.4 Å². The van der Waals surface area contributed by atoms with E-state index in [-0.39, 0.29) is 12.5 Å². The zero-order chi connectivity index (χ0) is 14.5. The van der Waals surface area contributed by atoms with Crippen LogP contribution in [0.1, 0.15) is 45.4 Å². The predicted octanol–water partition coefficient (Wildman–Crippen LogP) is 0.713. The molecule has 0 aromatic carbocycles. The van der Waals surface area contributed by atoms with Crippen molar-refractivity contribution in [2.45, 2.75) is 56.7 Å². The number of nitrogens with one attached hydrogen (secondary N) is 1. The third-order valence-electron chi connectivity index (χ3n) is 3.38. The fourth-order valence-corrected chi connectivity index (χ4v) is 3.85. The van der Waals surface area contributed by atoms with Crippen LogP contribution < -0.4 is 5.32 Å². The molecule has 1 rings (SSSR count). The molecule has 19 heavy (non-hydrogen) atoms. The number of carbonyl (C=O) groups excluding carboxylic acids is 1. The SMILES string of the molecule is CCC(C(=O)O)S(=O)(=O)CC(=O)NC1CCCCC1. The average molecular weight is 291 g/mol. The Morgan fingerprint density at radius 3 is 2.32 bits per heavy atom. The second-order valence-corrected chi connectivity index (χ2v) is 7.13. The molecular weight excluding hydrogens is 270 g/mol. The maximum absolute atomic E-state index is 11.8. The molecule has 0 heterocycles. The van der Waals surface area contributed by atoms with Crippen LogP contribution in [-0.4, -0.2) is 42.4 Å². The highest BCUT2D eigenvalue weighted by Gasteiger charge is 2.33. The summed E-state index contributed by atoms with van der Waals surface area (Å²) >= 11 is 0. The molecule has 1 aliphatic carbocycles. The first-order valence-corrected chi connectivity index (χ1v) is 8.32. The van der Waals surface area contributed by atoms with Crippen LogP contribution in [0.15, 0.2) is 0 Å². The van der Waals surface area contributed by atoms with E-state index in [2.05, 4.69) is 5.32 Å². The van der Waals surface area contributed by atoms with E-state index in [1.165, 1.54) is 6.92 Å². The normalized spacial score (nSPS) is 18.8. The number of hydrogen-bond acceptors (Lipinski definition) is 4. The molecule has 0 spiro atoms. The van der Waals surface area contributed by atoms with E-state index in [4.69, 9.17) is 5.11 Å². The molecule has 2 N–H and O–H groups in total. The Balaban J connectivity index is 2.56. The minimum Gasteiger partial charge on any atom is -0.480 e. The van der Waals surface area contributed by atoms with Crippen molar-refractivity contribution in [1.29, 1.82) is 0 Å². The fraction of sp³-hybridized carbons (Fsp3) is 0.833. The van der Waals surface area contributed by atoms with Gasteiger partial charge in [0.25, 0.3) is 0 Å². The lowest BCUT2D eigenvalue weighted by molar-refractivity contribution is -0.136. The summed E-state index contributed by atoms with van der Waals surface area (Å²) in [5.41, 5.74) is 0. The van der Waals surface area contributed by atoms with Crippen LogP contribution in [0.2, 0.25) is 0 Å². The van der Waals surface area contributed by atoms with E-state index in [0.29, 0.717) is 0 Å². The Kier molecular flexibility index (Phi) is 5.78. The molecule has 0 aromatic rings. The average Bonchev–Trinajstić information content (AvgIpc) is 2.28. The zero-order valence-electron chi connectivity index (χ0n) is 11.1. The van der Waals surface area contributed by atoms with Crippen LogP contribution in [0.5, 0.6) is 0 Å². The summed E-state index contributed by atoms with van der Waals surface area (Å²) in [6.45, 7) is 1.48. The molecule has 0 bridgehead atoms. The summed E-state index contributed by atoms with van der Waals surface area (Å²) in [6, 6.07) is 0.0290. The molecule has 1 fully saturated rings. The smallest absolute Gasteiger partial charge is 0.321 e.